The van der Waals surface area contributed by atoms with Gasteiger partial charge in [-0.25, -0.2) is 9.07 Å². The summed E-state index contributed by atoms with van der Waals surface area (Å²) in [5.41, 5.74) is 4.02. The van der Waals surface area contributed by atoms with Crippen LogP contribution in [0.4, 0.5) is 4.39 Å². The number of aromatic nitrogens is 2. The molecule has 1 heterocycles. The van der Waals surface area contributed by atoms with Crippen molar-refractivity contribution in [2.45, 2.75) is 52.6 Å². The number of rotatable bonds is 6. The van der Waals surface area contributed by atoms with Crippen molar-refractivity contribution in [2.24, 2.45) is 11.3 Å². The van der Waals surface area contributed by atoms with E-state index in [1.807, 2.05) is 15.8 Å². The highest BCUT2D eigenvalue weighted by molar-refractivity contribution is 5.82. The summed E-state index contributed by atoms with van der Waals surface area (Å²) in [5.74, 6) is -0.203. The molecule has 1 fully saturated rings. The smallest absolute Gasteiger partial charge is 0.226 e. The van der Waals surface area contributed by atoms with Gasteiger partial charge in [0.15, 0.2) is 0 Å². The number of benzene rings is 1. The van der Waals surface area contributed by atoms with Gasteiger partial charge in [-0.15, -0.1) is 0 Å². The molecule has 2 aromatic rings. The van der Waals surface area contributed by atoms with Crippen LogP contribution in [0.1, 0.15) is 51.3 Å². The van der Waals surface area contributed by atoms with Crippen molar-refractivity contribution in [1.82, 2.24) is 14.7 Å². The van der Waals surface area contributed by atoms with E-state index in [0.29, 0.717) is 13.1 Å². The van der Waals surface area contributed by atoms with E-state index in [4.69, 9.17) is 0 Å². The highest BCUT2D eigenvalue weighted by Gasteiger charge is 2.49. The topological polar surface area (TPSA) is 58.4 Å². The van der Waals surface area contributed by atoms with E-state index < -0.39 is 6.10 Å². The van der Waals surface area contributed by atoms with Crippen LogP contribution >= 0.6 is 0 Å². The lowest BCUT2D eigenvalue weighted by atomic mass is 9.69. The number of allylic oxidation sites excluding steroid dienone is 1. The Bertz CT molecular complexity index is 963. The third-order valence-corrected chi connectivity index (χ3v) is 6.62. The van der Waals surface area contributed by atoms with Crippen LogP contribution in [0.25, 0.3) is 11.8 Å². The Morgan fingerprint density at radius 1 is 1.40 bits per heavy atom. The summed E-state index contributed by atoms with van der Waals surface area (Å²) in [6, 6.07) is 6.35. The Balaban J connectivity index is 1.64. The van der Waals surface area contributed by atoms with Crippen molar-refractivity contribution in [3.05, 3.63) is 53.1 Å². The second-order valence-corrected chi connectivity index (χ2v) is 8.93. The predicted octanol–water partition coefficient (Wildman–Crippen LogP) is 3.99. The molecule has 1 N–H and O–H groups in total. The molecule has 1 aromatic heterocycles. The largest absolute Gasteiger partial charge is 0.392 e. The van der Waals surface area contributed by atoms with Gasteiger partial charge in [0.2, 0.25) is 5.91 Å². The molecule has 0 bridgehead atoms. The van der Waals surface area contributed by atoms with Gasteiger partial charge in [-0.2, -0.15) is 5.10 Å². The minimum Gasteiger partial charge on any atom is -0.392 e. The first-order chi connectivity index (χ1) is 14.3. The fourth-order valence-corrected chi connectivity index (χ4v) is 5.13. The zero-order valence-corrected chi connectivity index (χ0v) is 17.9. The monoisotopic (exact) mass is 411 g/mol. The van der Waals surface area contributed by atoms with Crippen LogP contribution in [0.3, 0.4) is 0 Å². The number of nitrogens with zero attached hydrogens (tertiary/aromatic N) is 3. The van der Waals surface area contributed by atoms with Gasteiger partial charge < -0.3 is 10.0 Å². The zero-order valence-electron chi connectivity index (χ0n) is 17.9. The Hall–Kier alpha value is -2.47. The first kappa shape index (κ1) is 20.8. The molecule has 0 unspecified atom stereocenters. The maximum absolute atomic E-state index is 13.4. The molecule has 3 atom stereocenters. The summed E-state index contributed by atoms with van der Waals surface area (Å²) in [5, 5.41) is 14.4. The van der Waals surface area contributed by atoms with Crippen molar-refractivity contribution in [3.8, 4) is 5.69 Å². The first-order valence-electron chi connectivity index (χ1n) is 10.8. The second kappa shape index (κ2) is 7.99. The molecule has 6 heteroatoms. The number of hydrogen-bond donors (Lipinski definition) is 1. The van der Waals surface area contributed by atoms with Gasteiger partial charge in [0.25, 0.3) is 0 Å². The molecular formula is C24H30FN3O2. The SMILES string of the molecule is CCCN(C[C@@H](C)O)C(=O)[C@H]1CCC2=Cc3c(cnn3-c3ccc(F)cc3)C[C@@]21C. The molecule has 2 aliphatic carbocycles. The van der Waals surface area contributed by atoms with E-state index in [1.165, 1.54) is 17.7 Å². The number of carbonyl (C=O) groups excluding carboxylic acids is 1. The predicted molar refractivity (Wildman–Crippen MR) is 115 cm³/mol. The molecule has 30 heavy (non-hydrogen) atoms. The number of amides is 1. The van der Waals surface area contributed by atoms with Crippen molar-refractivity contribution in [3.63, 3.8) is 0 Å². The van der Waals surface area contributed by atoms with Crippen LogP contribution < -0.4 is 0 Å². The van der Waals surface area contributed by atoms with Crippen LogP contribution in [0, 0.1) is 17.2 Å². The molecule has 1 amide bonds. The van der Waals surface area contributed by atoms with Crippen LogP contribution in [-0.2, 0) is 11.2 Å². The van der Waals surface area contributed by atoms with Gasteiger partial charge in [-0.1, -0.05) is 19.4 Å². The van der Waals surface area contributed by atoms with Crippen LogP contribution in [0.5, 0.6) is 0 Å². The van der Waals surface area contributed by atoms with Gasteiger partial charge in [0.1, 0.15) is 5.82 Å². The third kappa shape index (κ3) is 3.58. The molecule has 0 spiro atoms. The van der Waals surface area contributed by atoms with E-state index in [1.54, 1.807) is 19.1 Å². The normalized spacial score (nSPS) is 23.5. The maximum Gasteiger partial charge on any atom is 0.226 e. The number of aliphatic hydroxyl groups is 1. The number of halogens is 1. The van der Waals surface area contributed by atoms with E-state index in [0.717, 1.165) is 42.6 Å². The molecule has 5 nitrogen and oxygen atoms in total. The Labute approximate surface area is 177 Å². The maximum atomic E-state index is 13.4. The van der Waals surface area contributed by atoms with Gasteiger partial charge in [0, 0.05) is 24.4 Å². The lowest BCUT2D eigenvalue weighted by molar-refractivity contribution is -0.139. The quantitative estimate of drug-likeness (QED) is 0.782. The highest BCUT2D eigenvalue weighted by Crippen LogP contribution is 2.53. The van der Waals surface area contributed by atoms with Crippen molar-refractivity contribution < 1.29 is 14.3 Å². The first-order valence-corrected chi connectivity index (χ1v) is 10.8. The molecule has 1 aromatic carbocycles. The second-order valence-electron chi connectivity index (χ2n) is 8.93. The van der Waals surface area contributed by atoms with Crippen molar-refractivity contribution in [2.75, 3.05) is 13.1 Å². The standard InChI is InChI=1S/C24H30FN3O2/c1-4-11-27(15-16(2)29)23(30)21-10-5-18-12-22-17(13-24(18,21)3)14-26-28(22)20-8-6-19(25)7-9-20/h6-9,12,14,16,21,29H,4-5,10-11,13,15H2,1-3H3/t16-,21-,24+/m1/s1. The van der Waals surface area contributed by atoms with E-state index in [2.05, 4.69) is 25.0 Å². The molecule has 0 saturated heterocycles. The van der Waals surface area contributed by atoms with Gasteiger partial charge >= 0.3 is 0 Å². The molecule has 1 saturated carbocycles. The van der Waals surface area contributed by atoms with E-state index in [9.17, 15) is 14.3 Å². The summed E-state index contributed by atoms with van der Waals surface area (Å²) >= 11 is 0. The van der Waals surface area contributed by atoms with Crippen LogP contribution in [0.2, 0.25) is 0 Å². The number of hydrogen-bond acceptors (Lipinski definition) is 3. The van der Waals surface area contributed by atoms with Crippen molar-refractivity contribution >= 4 is 12.0 Å². The molecule has 0 aliphatic heterocycles. The number of carbonyl (C=O) groups is 1. The number of aliphatic hydroxyl groups excluding tert-OH is 1. The molecule has 0 radical (unpaired) electrons. The molecule has 160 valence electrons. The Kier molecular flexibility index (Phi) is 5.53. The minimum absolute atomic E-state index is 0.0867. The van der Waals surface area contributed by atoms with Gasteiger partial charge in [-0.05, 0) is 68.5 Å². The average Bonchev–Trinajstić information content (AvgIpc) is 3.25. The fourth-order valence-electron chi connectivity index (χ4n) is 5.13. The minimum atomic E-state index is -0.531. The Morgan fingerprint density at radius 2 is 2.13 bits per heavy atom. The molecule has 4 rings (SSSR count). The lowest BCUT2D eigenvalue weighted by Gasteiger charge is -2.38. The van der Waals surface area contributed by atoms with Crippen LogP contribution in [-0.4, -0.2) is 44.9 Å². The summed E-state index contributed by atoms with van der Waals surface area (Å²) in [6.45, 7) is 7.03. The number of fused-ring (bicyclic) bond motifs is 2. The van der Waals surface area contributed by atoms with Crippen molar-refractivity contribution in [1.29, 1.82) is 0 Å². The van der Waals surface area contributed by atoms with Crippen LogP contribution in [0.15, 0.2) is 36.0 Å². The summed E-state index contributed by atoms with van der Waals surface area (Å²) in [7, 11) is 0. The summed E-state index contributed by atoms with van der Waals surface area (Å²) < 4.78 is 15.2. The zero-order chi connectivity index (χ0) is 21.5. The van der Waals surface area contributed by atoms with E-state index >= 15 is 0 Å². The lowest BCUT2D eigenvalue weighted by Crippen LogP contribution is -2.45. The van der Waals surface area contributed by atoms with Gasteiger partial charge in [-0.3, -0.25) is 4.79 Å². The molecular weight excluding hydrogens is 381 g/mol. The summed E-state index contributed by atoms with van der Waals surface area (Å²) in [6.07, 6.45) is 6.87. The highest BCUT2D eigenvalue weighted by atomic mass is 19.1. The fraction of sp³-hybridized carbons (Fsp3) is 0.500. The van der Waals surface area contributed by atoms with Gasteiger partial charge in [0.05, 0.1) is 23.7 Å². The summed E-state index contributed by atoms with van der Waals surface area (Å²) in [4.78, 5) is 15.3. The molecule has 2 aliphatic rings. The third-order valence-electron chi connectivity index (χ3n) is 6.62. The Morgan fingerprint density at radius 3 is 2.80 bits per heavy atom. The van der Waals surface area contributed by atoms with E-state index in [-0.39, 0.29) is 23.1 Å². The average molecular weight is 412 g/mol.